The van der Waals surface area contributed by atoms with Crippen LogP contribution in [0.5, 0.6) is 0 Å². The van der Waals surface area contributed by atoms with E-state index in [0.29, 0.717) is 11.1 Å². The Balaban J connectivity index is 3.21. The fourth-order valence-corrected chi connectivity index (χ4v) is 1.19. The van der Waals surface area contributed by atoms with Crippen molar-refractivity contribution in [1.29, 1.82) is 0 Å². The van der Waals surface area contributed by atoms with Gasteiger partial charge in [0.1, 0.15) is 5.82 Å². The number of aliphatic hydroxyl groups is 1. The summed E-state index contributed by atoms with van der Waals surface area (Å²) in [5.41, 5.74) is 0.325. The number of benzene rings is 1. The van der Waals surface area contributed by atoms with Crippen LogP contribution < -0.4 is 0 Å². The van der Waals surface area contributed by atoms with Gasteiger partial charge in [-0.3, -0.25) is 0 Å². The topological polar surface area (TPSA) is 20.2 Å². The van der Waals surface area contributed by atoms with Crippen LogP contribution in [0.25, 0.3) is 0 Å². The fraction of sp³-hybridized carbons (Fsp3) is 0.400. The third kappa shape index (κ3) is 2.47. The SMILES string of the molecule is Cc1cc(F)c(C(O)C(F)(F)F)cc1C. The Morgan fingerprint density at radius 1 is 1.13 bits per heavy atom. The number of aliphatic hydroxyl groups excluding tert-OH is 1. The molecule has 1 aromatic rings. The summed E-state index contributed by atoms with van der Waals surface area (Å²) in [5, 5.41) is 8.89. The Labute approximate surface area is 84.3 Å². The van der Waals surface area contributed by atoms with Crippen molar-refractivity contribution in [1.82, 2.24) is 0 Å². The van der Waals surface area contributed by atoms with E-state index in [4.69, 9.17) is 5.11 Å². The summed E-state index contributed by atoms with van der Waals surface area (Å²) in [6, 6.07) is 2.00. The van der Waals surface area contributed by atoms with Gasteiger partial charge in [-0.1, -0.05) is 0 Å². The van der Waals surface area contributed by atoms with E-state index in [0.717, 1.165) is 12.1 Å². The fourth-order valence-electron chi connectivity index (χ4n) is 1.19. The Morgan fingerprint density at radius 2 is 1.60 bits per heavy atom. The predicted molar refractivity (Wildman–Crippen MR) is 46.9 cm³/mol. The average molecular weight is 222 g/mol. The van der Waals surface area contributed by atoms with Gasteiger partial charge in [0.25, 0.3) is 0 Å². The highest BCUT2D eigenvalue weighted by Crippen LogP contribution is 2.34. The Bertz CT molecular complexity index is 370. The van der Waals surface area contributed by atoms with E-state index in [-0.39, 0.29) is 0 Å². The maximum Gasteiger partial charge on any atom is 0.418 e. The number of alkyl halides is 3. The molecule has 1 aromatic carbocycles. The molecule has 0 aliphatic rings. The van der Waals surface area contributed by atoms with E-state index < -0.39 is 23.7 Å². The molecule has 0 bridgehead atoms. The van der Waals surface area contributed by atoms with Gasteiger partial charge in [0.2, 0.25) is 0 Å². The molecule has 1 atom stereocenters. The molecule has 0 aliphatic carbocycles. The van der Waals surface area contributed by atoms with Crippen LogP contribution in [0.15, 0.2) is 12.1 Å². The lowest BCUT2D eigenvalue weighted by Gasteiger charge is -2.16. The molecule has 0 spiro atoms. The standard InChI is InChI=1S/C10H10F4O/c1-5-3-7(8(11)4-6(5)2)9(15)10(12,13)14/h3-4,9,15H,1-2H3. The lowest BCUT2D eigenvalue weighted by molar-refractivity contribution is -0.207. The first-order valence-electron chi connectivity index (χ1n) is 4.25. The van der Waals surface area contributed by atoms with Crippen molar-refractivity contribution in [3.05, 3.63) is 34.6 Å². The largest absolute Gasteiger partial charge is 0.418 e. The highest BCUT2D eigenvalue weighted by atomic mass is 19.4. The van der Waals surface area contributed by atoms with E-state index in [9.17, 15) is 17.6 Å². The van der Waals surface area contributed by atoms with Crippen molar-refractivity contribution in [3.63, 3.8) is 0 Å². The lowest BCUT2D eigenvalue weighted by Crippen LogP contribution is -2.21. The smallest absolute Gasteiger partial charge is 0.379 e. The maximum absolute atomic E-state index is 13.2. The molecule has 0 amide bonds. The van der Waals surface area contributed by atoms with Crippen LogP contribution in [0, 0.1) is 19.7 Å². The number of hydrogen-bond donors (Lipinski definition) is 1. The van der Waals surface area contributed by atoms with Crippen LogP contribution in [-0.2, 0) is 0 Å². The van der Waals surface area contributed by atoms with Crippen molar-refractivity contribution >= 4 is 0 Å². The third-order valence-electron chi connectivity index (χ3n) is 2.22. The molecule has 0 aromatic heterocycles. The zero-order valence-electron chi connectivity index (χ0n) is 8.19. The summed E-state index contributed by atoms with van der Waals surface area (Å²) in [5.74, 6) is -1.04. The third-order valence-corrected chi connectivity index (χ3v) is 2.22. The minimum atomic E-state index is -4.84. The highest BCUT2D eigenvalue weighted by Gasteiger charge is 2.40. The molecule has 0 heterocycles. The van der Waals surface area contributed by atoms with Gasteiger partial charge in [0, 0.05) is 5.56 Å². The van der Waals surface area contributed by atoms with Gasteiger partial charge in [0.15, 0.2) is 6.10 Å². The first-order chi connectivity index (χ1) is 6.73. The van der Waals surface area contributed by atoms with Crippen LogP contribution in [0.1, 0.15) is 22.8 Å². The van der Waals surface area contributed by atoms with Gasteiger partial charge in [-0.25, -0.2) is 4.39 Å². The van der Waals surface area contributed by atoms with Gasteiger partial charge in [0.05, 0.1) is 0 Å². The second-order valence-corrected chi connectivity index (χ2v) is 3.40. The summed E-state index contributed by atoms with van der Waals surface area (Å²) in [6.07, 6.45) is -7.61. The Kier molecular flexibility index (Phi) is 3.04. The van der Waals surface area contributed by atoms with Gasteiger partial charge in [-0.2, -0.15) is 13.2 Å². The zero-order valence-corrected chi connectivity index (χ0v) is 8.19. The Hall–Kier alpha value is -1.10. The van der Waals surface area contributed by atoms with E-state index in [1.54, 1.807) is 13.8 Å². The molecule has 1 rings (SSSR count). The molecular weight excluding hydrogens is 212 g/mol. The molecule has 1 nitrogen and oxygen atoms in total. The molecule has 1 unspecified atom stereocenters. The Morgan fingerprint density at radius 3 is 2.07 bits per heavy atom. The number of aryl methyl sites for hydroxylation is 2. The predicted octanol–water partition coefficient (Wildman–Crippen LogP) is 3.04. The van der Waals surface area contributed by atoms with Crippen LogP contribution >= 0.6 is 0 Å². The van der Waals surface area contributed by atoms with Crippen LogP contribution in [0.4, 0.5) is 17.6 Å². The summed E-state index contributed by atoms with van der Waals surface area (Å²) in [4.78, 5) is 0. The first kappa shape index (κ1) is 12.0. The van der Waals surface area contributed by atoms with E-state index >= 15 is 0 Å². The number of hydrogen-bond acceptors (Lipinski definition) is 1. The first-order valence-corrected chi connectivity index (χ1v) is 4.25. The van der Waals surface area contributed by atoms with Crippen LogP contribution in [0.3, 0.4) is 0 Å². The lowest BCUT2D eigenvalue weighted by atomic mass is 10.0. The molecule has 0 fully saturated rings. The van der Waals surface area contributed by atoms with Crippen molar-refractivity contribution in [2.75, 3.05) is 0 Å². The molecule has 0 radical (unpaired) electrons. The van der Waals surface area contributed by atoms with Crippen molar-refractivity contribution in [2.45, 2.75) is 26.1 Å². The van der Waals surface area contributed by atoms with E-state index in [1.807, 2.05) is 0 Å². The van der Waals surface area contributed by atoms with E-state index in [2.05, 4.69) is 0 Å². The van der Waals surface area contributed by atoms with Crippen LogP contribution in [0.2, 0.25) is 0 Å². The molecule has 1 N–H and O–H groups in total. The molecule has 0 saturated heterocycles. The normalized spacial score (nSPS) is 14.1. The van der Waals surface area contributed by atoms with Gasteiger partial charge < -0.3 is 5.11 Å². The molecule has 0 saturated carbocycles. The number of rotatable bonds is 1. The summed E-state index contributed by atoms with van der Waals surface area (Å²) >= 11 is 0. The molecular formula is C10H10F4O. The minimum absolute atomic E-state index is 0.509. The second kappa shape index (κ2) is 3.81. The van der Waals surface area contributed by atoms with Gasteiger partial charge >= 0.3 is 6.18 Å². The molecule has 84 valence electrons. The summed E-state index contributed by atoms with van der Waals surface area (Å²) < 4.78 is 49.5. The van der Waals surface area contributed by atoms with Crippen molar-refractivity contribution in [3.8, 4) is 0 Å². The molecule has 15 heavy (non-hydrogen) atoms. The van der Waals surface area contributed by atoms with Gasteiger partial charge in [-0.15, -0.1) is 0 Å². The van der Waals surface area contributed by atoms with Crippen LogP contribution in [-0.4, -0.2) is 11.3 Å². The van der Waals surface area contributed by atoms with Crippen molar-refractivity contribution < 1.29 is 22.7 Å². The summed E-state index contributed by atoms with van der Waals surface area (Å²) in [6.45, 7) is 3.14. The minimum Gasteiger partial charge on any atom is -0.379 e. The highest BCUT2D eigenvalue weighted by molar-refractivity contribution is 5.33. The summed E-state index contributed by atoms with van der Waals surface area (Å²) in [7, 11) is 0. The quantitative estimate of drug-likeness (QED) is 0.724. The van der Waals surface area contributed by atoms with Gasteiger partial charge in [-0.05, 0) is 37.1 Å². The maximum atomic E-state index is 13.2. The molecule has 5 heteroatoms. The number of halogens is 4. The second-order valence-electron chi connectivity index (χ2n) is 3.40. The zero-order chi connectivity index (χ0) is 11.8. The average Bonchev–Trinajstić information content (AvgIpc) is 2.08. The molecule has 0 aliphatic heterocycles. The van der Waals surface area contributed by atoms with Crippen molar-refractivity contribution in [2.24, 2.45) is 0 Å². The monoisotopic (exact) mass is 222 g/mol. The van der Waals surface area contributed by atoms with E-state index in [1.165, 1.54) is 0 Å².